The van der Waals surface area contributed by atoms with Gasteiger partial charge in [-0.15, -0.1) is 0 Å². The monoisotopic (exact) mass is 117 g/mol. The van der Waals surface area contributed by atoms with Crippen LogP contribution in [0.5, 0.6) is 0 Å². The molecule has 4 nitrogen and oxygen atoms in total. The van der Waals surface area contributed by atoms with Crippen molar-refractivity contribution in [2.24, 2.45) is 17.2 Å². The van der Waals surface area contributed by atoms with Crippen LogP contribution in [-0.2, 0) is 4.79 Å². The molecule has 0 spiro atoms. The van der Waals surface area contributed by atoms with E-state index in [1.807, 2.05) is 0 Å². The van der Waals surface area contributed by atoms with Gasteiger partial charge in [-0.1, -0.05) is 0 Å². The molecule has 0 rings (SSSR count). The first-order valence-corrected chi connectivity index (χ1v) is 2.36. The van der Waals surface area contributed by atoms with Crippen LogP contribution in [0.4, 0.5) is 0 Å². The van der Waals surface area contributed by atoms with Gasteiger partial charge in [-0.2, -0.15) is 0 Å². The second-order valence-corrected chi connectivity index (χ2v) is 1.79. The average molecular weight is 117 g/mol. The lowest BCUT2D eigenvalue weighted by molar-refractivity contribution is -0.119. The summed E-state index contributed by atoms with van der Waals surface area (Å²) in [5.74, 6) is -0.556. The van der Waals surface area contributed by atoms with Gasteiger partial charge in [-0.05, 0) is 6.92 Å². The molecule has 0 aliphatic heterocycles. The van der Waals surface area contributed by atoms with E-state index >= 15 is 0 Å². The number of rotatable bonds is 2. The fourth-order valence-electron chi connectivity index (χ4n) is 0.259. The van der Waals surface area contributed by atoms with Crippen LogP contribution in [0.1, 0.15) is 6.92 Å². The second kappa shape index (κ2) is 2.64. The summed E-state index contributed by atoms with van der Waals surface area (Å²) in [6.45, 7) is 1.63. The van der Waals surface area contributed by atoms with E-state index in [4.69, 9.17) is 17.2 Å². The number of carbonyl (C=O) groups is 1. The van der Waals surface area contributed by atoms with Gasteiger partial charge in [-0.3, -0.25) is 4.79 Å². The van der Waals surface area contributed by atoms with E-state index in [-0.39, 0.29) is 6.04 Å². The molecule has 0 aliphatic rings. The molecule has 8 heavy (non-hydrogen) atoms. The highest BCUT2D eigenvalue weighted by atomic mass is 16.1. The van der Waals surface area contributed by atoms with Crippen LogP contribution in [0.2, 0.25) is 0 Å². The third-order valence-electron chi connectivity index (χ3n) is 0.895. The maximum atomic E-state index is 10.2. The topological polar surface area (TPSA) is 95.1 Å². The standard InChI is InChI=1S/C4H11N3O/c1-2(5)3(6)4(7)8/h2-3H,5-6H2,1H3,(H2,7,8). The number of hydrogen-bond donors (Lipinski definition) is 3. The summed E-state index contributed by atoms with van der Waals surface area (Å²) in [6, 6.07) is -1.07. The van der Waals surface area contributed by atoms with Gasteiger partial charge < -0.3 is 17.2 Å². The van der Waals surface area contributed by atoms with Crippen molar-refractivity contribution in [1.82, 2.24) is 0 Å². The molecule has 0 saturated carbocycles. The lowest BCUT2D eigenvalue weighted by Crippen LogP contribution is -2.48. The number of carbonyl (C=O) groups excluding carboxylic acids is 1. The van der Waals surface area contributed by atoms with Gasteiger partial charge in [0.1, 0.15) is 0 Å². The number of primary amides is 1. The molecule has 0 bridgehead atoms. The van der Waals surface area contributed by atoms with Gasteiger partial charge in [0.25, 0.3) is 0 Å². The molecule has 0 aromatic rings. The summed E-state index contributed by atoms with van der Waals surface area (Å²) < 4.78 is 0. The Morgan fingerprint density at radius 1 is 1.50 bits per heavy atom. The van der Waals surface area contributed by atoms with E-state index < -0.39 is 11.9 Å². The van der Waals surface area contributed by atoms with E-state index in [9.17, 15) is 4.79 Å². The summed E-state index contributed by atoms with van der Waals surface area (Å²) in [6.07, 6.45) is 0. The summed E-state index contributed by atoms with van der Waals surface area (Å²) in [5.41, 5.74) is 15.2. The van der Waals surface area contributed by atoms with Crippen molar-refractivity contribution in [2.75, 3.05) is 0 Å². The van der Waals surface area contributed by atoms with Crippen molar-refractivity contribution >= 4 is 5.91 Å². The maximum absolute atomic E-state index is 10.2. The summed E-state index contributed by atoms with van der Waals surface area (Å²) >= 11 is 0. The molecule has 0 radical (unpaired) electrons. The fraction of sp³-hybridized carbons (Fsp3) is 0.750. The van der Waals surface area contributed by atoms with E-state index in [2.05, 4.69) is 0 Å². The van der Waals surface area contributed by atoms with E-state index in [1.54, 1.807) is 6.92 Å². The predicted octanol–water partition coefficient (Wildman–Crippen LogP) is -1.85. The van der Waals surface area contributed by atoms with E-state index in [0.29, 0.717) is 0 Å². The molecule has 0 aliphatic carbocycles. The molecule has 0 aromatic heterocycles. The minimum atomic E-state index is -0.713. The van der Waals surface area contributed by atoms with Gasteiger partial charge in [-0.25, -0.2) is 0 Å². The first-order valence-electron chi connectivity index (χ1n) is 2.36. The van der Waals surface area contributed by atoms with Gasteiger partial charge in [0.05, 0.1) is 6.04 Å². The lowest BCUT2D eigenvalue weighted by atomic mass is 10.2. The van der Waals surface area contributed by atoms with Crippen LogP contribution in [0.25, 0.3) is 0 Å². The van der Waals surface area contributed by atoms with Crippen molar-refractivity contribution < 1.29 is 4.79 Å². The molecule has 0 heterocycles. The van der Waals surface area contributed by atoms with Crippen molar-refractivity contribution in [1.29, 1.82) is 0 Å². The van der Waals surface area contributed by atoms with Gasteiger partial charge in [0.15, 0.2) is 0 Å². The third-order valence-corrected chi connectivity index (χ3v) is 0.895. The molecule has 0 saturated heterocycles. The highest BCUT2D eigenvalue weighted by Gasteiger charge is 2.12. The molecule has 4 heteroatoms. The molecule has 1 amide bonds. The minimum Gasteiger partial charge on any atom is -0.368 e. The Morgan fingerprint density at radius 2 is 1.88 bits per heavy atom. The highest BCUT2D eigenvalue weighted by Crippen LogP contribution is 1.80. The van der Waals surface area contributed by atoms with Crippen LogP contribution in [0.3, 0.4) is 0 Å². The maximum Gasteiger partial charge on any atom is 0.235 e. The van der Waals surface area contributed by atoms with Crippen LogP contribution in [0, 0.1) is 0 Å². The van der Waals surface area contributed by atoms with Crippen molar-refractivity contribution in [2.45, 2.75) is 19.0 Å². The quantitative estimate of drug-likeness (QED) is 0.396. The van der Waals surface area contributed by atoms with Crippen molar-refractivity contribution in [3.05, 3.63) is 0 Å². The zero-order valence-corrected chi connectivity index (χ0v) is 4.79. The fourth-order valence-corrected chi connectivity index (χ4v) is 0.259. The zero-order chi connectivity index (χ0) is 6.73. The Balaban J connectivity index is 3.64. The lowest BCUT2D eigenvalue weighted by Gasteiger charge is -2.09. The van der Waals surface area contributed by atoms with Crippen LogP contribution in [0.15, 0.2) is 0 Å². The molecule has 2 unspecified atom stereocenters. The average Bonchev–Trinajstić information content (AvgIpc) is 1.64. The van der Waals surface area contributed by atoms with Gasteiger partial charge in [0, 0.05) is 6.04 Å². The molecule has 6 N–H and O–H groups in total. The molecule has 0 fully saturated rings. The largest absolute Gasteiger partial charge is 0.368 e. The Kier molecular flexibility index (Phi) is 2.44. The zero-order valence-electron chi connectivity index (χ0n) is 4.79. The Bertz CT molecular complexity index is 91.3. The van der Waals surface area contributed by atoms with Crippen LogP contribution < -0.4 is 17.2 Å². The molecule has 2 atom stereocenters. The van der Waals surface area contributed by atoms with E-state index in [0.717, 1.165) is 0 Å². The number of nitrogens with two attached hydrogens (primary N) is 3. The normalized spacial score (nSPS) is 17.4. The minimum absolute atomic E-state index is 0.354. The first-order chi connectivity index (χ1) is 3.55. The molecular formula is C4H11N3O. The summed E-state index contributed by atoms with van der Waals surface area (Å²) in [5, 5.41) is 0. The number of amides is 1. The summed E-state index contributed by atoms with van der Waals surface area (Å²) in [4.78, 5) is 10.2. The highest BCUT2D eigenvalue weighted by molar-refractivity contribution is 5.80. The first kappa shape index (κ1) is 7.39. The van der Waals surface area contributed by atoms with Crippen molar-refractivity contribution in [3.63, 3.8) is 0 Å². The molecule has 0 aromatic carbocycles. The van der Waals surface area contributed by atoms with Gasteiger partial charge in [0.2, 0.25) is 5.91 Å². The van der Waals surface area contributed by atoms with Gasteiger partial charge >= 0.3 is 0 Å². The third kappa shape index (κ3) is 1.90. The number of hydrogen-bond acceptors (Lipinski definition) is 3. The van der Waals surface area contributed by atoms with E-state index in [1.165, 1.54) is 0 Å². The SMILES string of the molecule is CC(N)C(N)C(N)=O. The smallest absolute Gasteiger partial charge is 0.235 e. The van der Waals surface area contributed by atoms with Crippen LogP contribution in [-0.4, -0.2) is 18.0 Å². The Labute approximate surface area is 48.0 Å². The summed E-state index contributed by atoms with van der Waals surface area (Å²) in [7, 11) is 0. The predicted molar refractivity (Wildman–Crippen MR) is 30.8 cm³/mol. The Hall–Kier alpha value is -0.610. The molecule has 48 valence electrons. The van der Waals surface area contributed by atoms with Crippen LogP contribution >= 0.6 is 0 Å². The molecular weight excluding hydrogens is 106 g/mol. The Morgan fingerprint density at radius 3 is 1.88 bits per heavy atom. The second-order valence-electron chi connectivity index (χ2n) is 1.79. The van der Waals surface area contributed by atoms with Crippen molar-refractivity contribution in [3.8, 4) is 0 Å².